The average Bonchev–Trinajstić information content (AvgIpc) is 2.81. The number of hydrogen-bond acceptors (Lipinski definition) is 5. The highest BCUT2D eigenvalue weighted by Gasteiger charge is 2.08. The second kappa shape index (κ2) is 5.86. The lowest BCUT2D eigenvalue weighted by Crippen LogP contribution is -2.26. The molecule has 0 unspecified atom stereocenters. The van der Waals surface area contributed by atoms with Crippen LogP contribution >= 0.6 is 11.8 Å². The number of aromatic nitrogens is 2. The van der Waals surface area contributed by atoms with E-state index >= 15 is 0 Å². The molecule has 2 aromatic rings. The Hall–Kier alpha value is -1.56. The summed E-state index contributed by atoms with van der Waals surface area (Å²) in [6.45, 7) is 4.94. The Balaban J connectivity index is 1.92. The molecule has 1 aromatic heterocycles. The van der Waals surface area contributed by atoms with Crippen LogP contribution < -0.4 is 5.32 Å². The zero-order valence-electron chi connectivity index (χ0n) is 10.3. The molecular formula is C12H15N3O2S. The fraction of sp³-hybridized carbons (Fsp3) is 0.417. The van der Waals surface area contributed by atoms with Crippen molar-refractivity contribution in [2.24, 2.45) is 0 Å². The van der Waals surface area contributed by atoms with Crippen molar-refractivity contribution in [3.05, 3.63) is 23.8 Å². The maximum absolute atomic E-state index is 11.9. The number of fused-ring (bicyclic) bond motifs is 1. The standard InChI is InChI=1S/C12H15N3O2S/c1-8(2)18-6-5-13-12(16)9-3-4-10-11(7-9)15-17-14-10/h3-4,7-8H,5-6H2,1-2H3,(H,13,16). The Morgan fingerprint density at radius 2 is 2.17 bits per heavy atom. The first-order chi connectivity index (χ1) is 8.66. The van der Waals surface area contributed by atoms with Crippen LogP contribution in [0.5, 0.6) is 0 Å². The summed E-state index contributed by atoms with van der Waals surface area (Å²) in [6.07, 6.45) is 0. The van der Waals surface area contributed by atoms with Gasteiger partial charge in [0, 0.05) is 17.9 Å². The van der Waals surface area contributed by atoms with Gasteiger partial charge in [0.2, 0.25) is 0 Å². The van der Waals surface area contributed by atoms with Gasteiger partial charge in [0.1, 0.15) is 11.0 Å². The molecule has 5 nitrogen and oxygen atoms in total. The molecule has 6 heteroatoms. The summed E-state index contributed by atoms with van der Waals surface area (Å²) in [6, 6.07) is 5.12. The summed E-state index contributed by atoms with van der Waals surface area (Å²) in [4.78, 5) is 11.9. The van der Waals surface area contributed by atoms with E-state index < -0.39 is 0 Å². The van der Waals surface area contributed by atoms with Crippen LogP contribution in [0.25, 0.3) is 11.0 Å². The summed E-state index contributed by atoms with van der Waals surface area (Å²) < 4.78 is 4.59. The fourth-order valence-corrected chi connectivity index (χ4v) is 2.18. The highest BCUT2D eigenvalue weighted by atomic mass is 32.2. The van der Waals surface area contributed by atoms with E-state index in [1.54, 1.807) is 18.2 Å². The van der Waals surface area contributed by atoms with Crippen molar-refractivity contribution >= 4 is 28.7 Å². The van der Waals surface area contributed by atoms with E-state index in [1.807, 2.05) is 11.8 Å². The maximum atomic E-state index is 11.9. The zero-order valence-corrected chi connectivity index (χ0v) is 11.2. The largest absolute Gasteiger partial charge is 0.351 e. The third kappa shape index (κ3) is 3.22. The predicted octanol–water partition coefficient (Wildman–Crippen LogP) is 2.09. The predicted molar refractivity (Wildman–Crippen MR) is 71.7 cm³/mol. The van der Waals surface area contributed by atoms with E-state index in [4.69, 9.17) is 0 Å². The number of nitrogens with one attached hydrogen (secondary N) is 1. The van der Waals surface area contributed by atoms with Crippen molar-refractivity contribution in [3.63, 3.8) is 0 Å². The molecule has 1 amide bonds. The number of hydrogen-bond donors (Lipinski definition) is 1. The number of nitrogens with zero attached hydrogens (tertiary/aromatic N) is 2. The van der Waals surface area contributed by atoms with E-state index in [-0.39, 0.29) is 5.91 Å². The molecule has 1 N–H and O–H groups in total. The summed E-state index contributed by atoms with van der Waals surface area (Å²) in [7, 11) is 0. The third-order valence-corrected chi connectivity index (χ3v) is 3.46. The molecule has 1 aromatic carbocycles. The van der Waals surface area contributed by atoms with Crippen molar-refractivity contribution in [2.45, 2.75) is 19.1 Å². The number of amides is 1. The highest BCUT2D eigenvalue weighted by molar-refractivity contribution is 7.99. The molecule has 0 saturated heterocycles. The first kappa shape index (κ1) is 12.9. The van der Waals surface area contributed by atoms with Crippen LogP contribution in [0.4, 0.5) is 0 Å². The first-order valence-corrected chi connectivity index (χ1v) is 6.84. The molecule has 0 spiro atoms. The van der Waals surface area contributed by atoms with Gasteiger partial charge >= 0.3 is 0 Å². The number of carbonyl (C=O) groups is 1. The SMILES string of the molecule is CC(C)SCCNC(=O)c1ccc2nonc2c1. The van der Waals surface area contributed by atoms with Crippen LogP contribution in [-0.4, -0.2) is 33.8 Å². The molecule has 0 aliphatic carbocycles. The molecule has 0 saturated carbocycles. The van der Waals surface area contributed by atoms with E-state index in [0.717, 1.165) is 5.75 Å². The quantitative estimate of drug-likeness (QED) is 0.838. The Kier molecular flexibility index (Phi) is 4.19. The molecule has 0 atom stereocenters. The molecule has 0 fully saturated rings. The Morgan fingerprint density at radius 3 is 2.94 bits per heavy atom. The minimum atomic E-state index is -0.0933. The van der Waals surface area contributed by atoms with Gasteiger partial charge in [-0.2, -0.15) is 11.8 Å². The molecule has 18 heavy (non-hydrogen) atoms. The molecule has 0 radical (unpaired) electrons. The second-order valence-corrected chi connectivity index (χ2v) is 5.83. The van der Waals surface area contributed by atoms with Gasteiger partial charge in [-0.3, -0.25) is 4.79 Å². The average molecular weight is 265 g/mol. The van der Waals surface area contributed by atoms with Crippen LogP contribution in [0, 0.1) is 0 Å². The zero-order chi connectivity index (χ0) is 13.0. The summed E-state index contributed by atoms with van der Waals surface area (Å²) in [5.41, 5.74) is 1.83. The lowest BCUT2D eigenvalue weighted by atomic mass is 10.2. The van der Waals surface area contributed by atoms with Crippen molar-refractivity contribution in [3.8, 4) is 0 Å². The lowest BCUT2D eigenvalue weighted by molar-refractivity contribution is 0.0956. The van der Waals surface area contributed by atoms with Crippen molar-refractivity contribution < 1.29 is 9.42 Å². The molecular weight excluding hydrogens is 250 g/mol. The Labute approximate surface area is 109 Å². The van der Waals surface area contributed by atoms with Gasteiger partial charge < -0.3 is 5.32 Å². The van der Waals surface area contributed by atoms with Crippen molar-refractivity contribution in [2.75, 3.05) is 12.3 Å². The summed E-state index contributed by atoms with van der Waals surface area (Å²) in [5, 5.41) is 10.9. The van der Waals surface area contributed by atoms with Gasteiger partial charge in [-0.15, -0.1) is 0 Å². The van der Waals surface area contributed by atoms with Gasteiger partial charge in [0.15, 0.2) is 0 Å². The van der Waals surface area contributed by atoms with E-state index in [9.17, 15) is 4.79 Å². The smallest absolute Gasteiger partial charge is 0.251 e. The molecule has 0 bridgehead atoms. The van der Waals surface area contributed by atoms with Crippen molar-refractivity contribution in [1.82, 2.24) is 15.6 Å². The van der Waals surface area contributed by atoms with E-state index in [2.05, 4.69) is 34.1 Å². The Bertz CT molecular complexity index is 539. The first-order valence-electron chi connectivity index (χ1n) is 5.79. The topological polar surface area (TPSA) is 68.0 Å². The molecule has 1 heterocycles. The van der Waals surface area contributed by atoms with Crippen LogP contribution in [0.1, 0.15) is 24.2 Å². The molecule has 0 aliphatic heterocycles. The van der Waals surface area contributed by atoms with E-state index in [0.29, 0.717) is 28.4 Å². The number of rotatable bonds is 5. The molecule has 0 aliphatic rings. The van der Waals surface area contributed by atoms with E-state index in [1.165, 1.54) is 0 Å². The van der Waals surface area contributed by atoms with Crippen LogP contribution in [0.2, 0.25) is 0 Å². The highest BCUT2D eigenvalue weighted by Crippen LogP contribution is 2.11. The summed E-state index contributed by atoms with van der Waals surface area (Å²) >= 11 is 1.82. The van der Waals surface area contributed by atoms with Crippen LogP contribution in [0.3, 0.4) is 0 Å². The number of carbonyl (C=O) groups excluding carboxylic acids is 1. The minimum absolute atomic E-state index is 0.0933. The molecule has 2 rings (SSSR count). The van der Waals surface area contributed by atoms with Gasteiger partial charge in [-0.25, -0.2) is 4.63 Å². The Morgan fingerprint density at radius 1 is 1.39 bits per heavy atom. The summed E-state index contributed by atoms with van der Waals surface area (Å²) in [5.74, 6) is 0.821. The van der Waals surface area contributed by atoms with Gasteiger partial charge in [-0.1, -0.05) is 13.8 Å². The maximum Gasteiger partial charge on any atom is 0.251 e. The monoisotopic (exact) mass is 265 g/mol. The van der Waals surface area contributed by atoms with Crippen molar-refractivity contribution in [1.29, 1.82) is 0 Å². The third-order valence-electron chi connectivity index (χ3n) is 2.35. The van der Waals surface area contributed by atoms with Gasteiger partial charge in [0.25, 0.3) is 5.91 Å². The lowest BCUT2D eigenvalue weighted by Gasteiger charge is -2.06. The van der Waals surface area contributed by atoms with Gasteiger partial charge in [0.05, 0.1) is 0 Å². The van der Waals surface area contributed by atoms with Crippen LogP contribution in [-0.2, 0) is 0 Å². The number of benzene rings is 1. The fourth-order valence-electron chi connectivity index (χ4n) is 1.48. The second-order valence-electron chi connectivity index (χ2n) is 4.14. The number of thioether (sulfide) groups is 1. The minimum Gasteiger partial charge on any atom is -0.351 e. The molecule has 96 valence electrons. The van der Waals surface area contributed by atoms with Gasteiger partial charge in [-0.05, 0) is 33.8 Å². The normalized spacial score (nSPS) is 11.1. The van der Waals surface area contributed by atoms with Crippen LogP contribution in [0.15, 0.2) is 22.8 Å².